The standard InChI is InChI=1S/C15H23F3N4O/c16-15(17,18)14-10-13(19-20-14)12-2-1-3-22(11-12)5-4-21-6-8-23-9-7-21/h10,12H,1-9,11H2,(H,19,20). The molecule has 0 amide bonds. The number of hydrogen-bond acceptors (Lipinski definition) is 4. The highest BCUT2D eigenvalue weighted by Crippen LogP contribution is 2.31. The van der Waals surface area contributed by atoms with Crippen molar-refractivity contribution in [3.8, 4) is 0 Å². The number of hydrogen-bond donors (Lipinski definition) is 1. The number of nitrogens with one attached hydrogen (secondary N) is 1. The highest BCUT2D eigenvalue weighted by molar-refractivity contribution is 5.16. The summed E-state index contributed by atoms with van der Waals surface area (Å²) in [6, 6.07) is 1.16. The minimum Gasteiger partial charge on any atom is -0.379 e. The van der Waals surface area contributed by atoms with E-state index in [0.717, 1.165) is 71.4 Å². The van der Waals surface area contributed by atoms with Crippen LogP contribution in [0, 0.1) is 0 Å². The molecular formula is C15H23F3N4O. The van der Waals surface area contributed by atoms with Gasteiger partial charge in [0, 0.05) is 44.3 Å². The first kappa shape index (κ1) is 16.7. The molecule has 2 aliphatic rings. The molecule has 0 bridgehead atoms. The van der Waals surface area contributed by atoms with Crippen LogP contribution < -0.4 is 0 Å². The lowest BCUT2D eigenvalue weighted by atomic mass is 9.94. The number of aromatic nitrogens is 2. The topological polar surface area (TPSA) is 44.4 Å². The molecule has 0 saturated carbocycles. The van der Waals surface area contributed by atoms with Crippen LogP contribution in [0.1, 0.15) is 30.1 Å². The summed E-state index contributed by atoms with van der Waals surface area (Å²) in [7, 11) is 0. The first-order valence-corrected chi connectivity index (χ1v) is 8.17. The second-order valence-electron chi connectivity index (χ2n) is 6.30. The normalized spacial score (nSPS) is 24.9. The van der Waals surface area contributed by atoms with Gasteiger partial charge in [-0.25, -0.2) is 0 Å². The predicted octanol–water partition coefficient (Wildman–Crippen LogP) is 1.94. The van der Waals surface area contributed by atoms with Crippen molar-refractivity contribution in [3.05, 3.63) is 17.5 Å². The maximum absolute atomic E-state index is 12.7. The first-order chi connectivity index (χ1) is 11.0. The van der Waals surface area contributed by atoms with Gasteiger partial charge in [0.2, 0.25) is 0 Å². The lowest BCUT2D eigenvalue weighted by Gasteiger charge is -2.34. The van der Waals surface area contributed by atoms with Crippen molar-refractivity contribution >= 4 is 0 Å². The minimum atomic E-state index is -4.38. The fourth-order valence-electron chi connectivity index (χ4n) is 3.31. The van der Waals surface area contributed by atoms with Gasteiger partial charge in [-0.1, -0.05) is 0 Å². The number of likely N-dealkylation sites (tertiary alicyclic amines) is 1. The van der Waals surface area contributed by atoms with Crippen molar-refractivity contribution in [1.29, 1.82) is 0 Å². The van der Waals surface area contributed by atoms with Gasteiger partial charge in [-0.15, -0.1) is 0 Å². The number of nitrogens with zero attached hydrogens (tertiary/aromatic N) is 3. The molecule has 130 valence electrons. The van der Waals surface area contributed by atoms with Crippen LogP contribution in [0.25, 0.3) is 0 Å². The number of halogens is 3. The molecule has 1 atom stereocenters. The summed E-state index contributed by atoms with van der Waals surface area (Å²) in [5.41, 5.74) is -0.216. The number of aromatic amines is 1. The maximum Gasteiger partial charge on any atom is 0.435 e. The lowest BCUT2D eigenvalue weighted by molar-refractivity contribution is -0.141. The van der Waals surface area contributed by atoms with E-state index in [1.807, 2.05) is 0 Å². The third-order valence-corrected chi connectivity index (χ3v) is 4.67. The molecule has 3 heterocycles. The predicted molar refractivity (Wildman–Crippen MR) is 79.3 cm³/mol. The Morgan fingerprint density at radius 3 is 2.61 bits per heavy atom. The molecule has 3 rings (SSSR count). The van der Waals surface area contributed by atoms with Crippen LogP contribution in [0.15, 0.2) is 6.07 Å². The van der Waals surface area contributed by atoms with E-state index in [4.69, 9.17) is 4.74 Å². The smallest absolute Gasteiger partial charge is 0.379 e. The zero-order valence-corrected chi connectivity index (χ0v) is 13.1. The van der Waals surface area contributed by atoms with Crippen molar-refractivity contribution in [2.45, 2.75) is 24.9 Å². The summed E-state index contributed by atoms with van der Waals surface area (Å²) in [5.74, 6) is 0.108. The Labute approximate surface area is 133 Å². The molecule has 1 unspecified atom stereocenters. The highest BCUT2D eigenvalue weighted by atomic mass is 19.4. The van der Waals surface area contributed by atoms with Gasteiger partial charge in [0.1, 0.15) is 0 Å². The fraction of sp³-hybridized carbons (Fsp3) is 0.800. The molecule has 0 radical (unpaired) electrons. The number of morpholine rings is 1. The monoisotopic (exact) mass is 332 g/mol. The lowest BCUT2D eigenvalue weighted by Crippen LogP contribution is -2.43. The molecule has 1 N–H and O–H groups in total. The number of ether oxygens (including phenoxy) is 1. The van der Waals surface area contributed by atoms with E-state index in [1.165, 1.54) is 0 Å². The Hall–Kier alpha value is -1.12. The van der Waals surface area contributed by atoms with Gasteiger partial charge in [0.15, 0.2) is 5.69 Å². The average molecular weight is 332 g/mol. The van der Waals surface area contributed by atoms with Gasteiger partial charge in [-0.2, -0.15) is 18.3 Å². The number of rotatable bonds is 4. The van der Waals surface area contributed by atoms with Crippen LogP contribution in [0.4, 0.5) is 13.2 Å². The van der Waals surface area contributed by atoms with E-state index >= 15 is 0 Å². The fourth-order valence-corrected chi connectivity index (χ4v) is 3.31. The van der Waals surface area contributed by atoms with Crippen LogP contribution in [-0.2, 0) is 10.9 Å². The van der Waals surface area contributed by atoms with Crippen LogP contribution in [0.5, 0.6) is 0 Å². The molecule has 23 heavy (non-hydrogen) atoms. The molecule has 0 aliphatic carbocycles. The molecule has 2 aliphatic heterocycles. The van der Waals surface area contributed by atoms with Gasteiger partial charge in [-0.3, -0.25) is 10.00 Å². The van der Waals surface area contributed by atoms with Crippen molar-refractivity contribution in [2.75, 3.05) is 52.5 Å². The molecule has 1 aromatic rings. The van der Waals surface area contributed by atoms with E-state index in [1.54, 1.807) is 0 Å². The maximum atomic E-state index is 12.7. The zero-order chi connectivity index (χ0) is 16.3. The number of alkyl halides is 3. The van der Waals surface area contributed by atoms with Crippen molar-refractivity contribution < 1.29 is 17.9 Å². The van der Waals surface area contributed by atoms with Crippen LogP contribution in [-0.4, -0.2) is 72.5 Å². The van der Waals surface area contributed by atoms with Crippen molar-refractivity contribution in [2.24, 2.45) is 0 Å². The largest absolute Gasteiger partial charge is 0.435 e. The molecule has 8 heteroatoms. The van der Waals surface area contributed by atoms with Gasteiger partial charge in [0.25, 0.3) is 0 Å². The molecule has 5 nitrogen and oxygen atoms in total. The summed E-state index contributed by atoms with van der Waals surface area (Å²) in [4.78, 5) is 4.72. The van der Waals surface area contributed by atoms with Crippen LogP contribution in [0.2, 0.25) is 0 Å². The van der Waals surface area contributed by atoms with Gasteiger partial charge >= 0.3 is 6.18 Å². The molecule has 1 aromatic heterocycles. The summed E-state index contributed by atoms with van der Waals surface area (Å²) in [5, 5.41) is 6.00. The third kappa shape index (κ3) is 4.45. The van der Waals surface area contributed by atoms with Crippen LogP contribution >= 0.6 is 0 Å². The first-order valence-electron chi connectivity index (χ1n) is 8.17. The number of H-pyrrole nitrogens is 1. The molecular weight excluding hydrogens is 309 g/mol. The molecule has 0 spiro atoms. The van der Waals surface area contributed by atoms with Crippen molar-refractivity contribution in [3.63, 3.8) is 0 Å². The minimum absolute atomic E-state index is 0.108. The Morgan fingerprint density at radius 2 is 1.91 bits per heavy atom. The van der Waals surface area contributed by atoms with Gasteiger partial charge in [0.05, 0.1) is 13.2 Å². The average Bonchev–Trinajstić information content (AvgIpc) is 3.05. The second kappa shape index (κ2) is 7.19. The zero-order valence-electron chi connectivity index (χ0n) is 13.1. The van der Waals surface area contributed by atoms with E-state index in [0.29, 0.717) is 5.69 Å². The van der Waals surface area contributed by atoms with Crippen molar-refractivity contribution in [1.82, 2.24) is 20.0 Å². The third-order valence-electron chi connectivity index (χ3n) is 4.67. The summed E-state index contributed by atoms with van der Waals surface area (Å²) >= 11 is 0. The van der Waals surface area contributed by atoms with E-state index < -0.39 is 11.9 Å². The Morgan fingerprint density at radius 1 is 1.17 bits per heavy atom. The van der Waals surface area contributed by atoms with Gasteiger partial charge < -0.3 is 9.64 Å². The molecule has 2 saturated heterocycles. The quantitative estimate of drug-likeness (QED) is 0.915. The highest BCUT2D eigenvalue weighted by Gasteiger charge is 2.35. The SMILES string of the molecule is FC(F)(F)c1cc(C2CCCN(CCN3CCOCC3)C2)[nH]n1. The number of piperidine rings is 1. The summed E-state index contributed by atoms with van der Waals surface area (Å²) < 4.78 is 43.3. The molecule has 0 aromatic carbocycles. The van der Waals surface area contributed by atoms with E-state index in [-0.39, 0.29) is 5.92 Å². The van der Waals surface area contributed by atoms with E-state index in [2.05, 4.69) is 20.0 Å². The second-order valence-corrected chi connectivity index (χ2v) is 6.30. The molecule has 2 fully saturated rings. The summed E-state index contributed by atoms with van der Waals surface area (Å²) in [6.45, 7) is 7.27. The summed E-state index contributed by atoms with van der Waals surface area (Å²) in [6.07, 6.45) is -2.46. The van der Waals surface area contributed by atoms with Gasteiger partial charge in [-0.05, 0) is 25.5 Å². The Kier molecular flexibility index (Phi) is 5.23. The Bertz CT molecular complexity index is 499. The Balaban J connectivity index is 1.52. The van der Waals surface area contributed by atoms with Crippen LogP contribution in [0.3, 0.4) is 0 Å². The van der Waals surface area contributed by atoms with E-state index in [9.17, 15) is 13.2 Å².